The van der Waals surface area contributed by atoms with Crippen LogP contribution in [0.1, 0.15) is 44.0 Å². The molecule has 0 aliphatic carbocycles. The minimum absolute atomic E-state index is 0.0653. The number of alkyl halides is 1. The molecular formula is C17H24ClN3O4. The summed E-state index contributed by atoms with van der Waals surface area (Å²) in [5.74, 6) is 0.236. The number of alkyl carbamates (subject to hydrolysis) is 1. The molecule has 138 valence electrons. The lowest BCUT2D eigenvalue weighted by atomic mass is 10.1. The fourth-order valence-electron chi connectivity index (χ4n) is 2.58. The van der Waals surface area contributed by atoms with Crippen molar-refractivity contribution in [3.63, 3.8) is 0 Å². The van der Waals surface area contributed by atoms with Gasteiger partial charge in [-0.15, -0.1) is 0 Å². The van der Waals surface area contributed by atoms with Crippen molar-refractivity contribution >= 4 is 29.5 Å². The fourth-order valence-corrected chi connectivity index (χ4v) is 2.68. The first-order valence-electron chi connectivity index (χ1n) is 8.22. The molecule has 0 unspecified atom stereocenters. The van der Waals surface area contributed by atoms with Gasteiger partial charge in [-0.1, -0.05) is 11.6 Å². The molecule has 1 N–H and O–H groups in total. The molecule has 1 aliphatic rings. The summed E-state index contributed by atoms with van der Waals surface area (Å²) in [6.07, 6.45) is 2.73. The van der Waals surface area contributed by atoms with Gasteiger partial charge in [0, 0.05) is 25.3 Å². The van der Waals surface area contributed by atoms with Crippen LogP contribution in [0.25, 0.3) is 0 Å². The van der Waals surface area contributed by atoms with Crippen LogP contribution in [0.15, 0.2) is 18.3 Å². The number of pyridine rings is 1. The summed E-state index contributed by atoms with van der Waals surface area (Å²) >= 11 is 5.42. The average molecular weight is 370 g/mol. The molecule has 1 aromatic heterocycles. The lowest BCUT2D eigenvalue weighted by Gasteiger charge is -2.33. The van der Waals surface area contributed by atoms with Crippen LogP contribution in [0.4, 0.5) is 10.6 Å². The fraction of sp³-hybridized carbons (Fsp3) is 0.588. The molecule has 0 bridgehead atoms. The minimum Gasteiger partial charge on any atom is -0.446 e. The highest BCUT2D eigenvalue weighted by molar-refractivity contribution is 6.17. The SMILES string of the molecule is CC(C)(C)OC(=O)NC1CCN(c2cc(C(=O)OCCl)ccn2)CC1. The lowest BCUT2D eigenvalue weighted by Crippen LogP contribution is -2.46. The third-order valence-electron chi connectivity index (χ3n) is 3.71. The molecule has 25 heavy (non-hydrogen) atoms. The monoisotopic (exact) mass is 369 g/mol. The van der Waals surface area contributed by atoms with E-state index in [1.54, 1.807) is 18.3 Å². The predicted octanol–water partition coefficient (Wildman–Crippen LogP) is 2.93. The molecule has 7 nitrogen and oxygen atoms in total. The molecule has 1 amide bonds. The maximum atomic E-state index is 11.8. The molecule has 1 aliphatic heterocycles. The van der Waals surface area contributed by atoms with Crippen molar-refractivity contribution in [2.24, 2.45) is 0 Å². The van der Waals surface area contributed by atoms with Gasteiger partial charge in [-0.25, -0.2) is 14.6 Å². The molecule has 0 spiro atoms. The van der Waals surface area contributed by atoms with Gasteiger partial charge in [-0.2, -0.15) is 0 Å². The van der Waals surface area contributed by atoms with Gasteiger partial charge in [-0.05, 0) is 45.7 Å². The van der Waals surface area contributed by atoms with E-state index in [2.05, 4.69) is 15.2 Å². The largest absolute Gasteiger partial charge is 0.446 e. The number of halogens is 1. The van der Waals surface area contributed by atoms with E-state index in [1.807, 2.05) is 20.8 Å². The molecule has 1 fully saturated rings. The molecule has 0 saturated carbocycles. The van der Waals surface area contributed by atoms with E-state index in [1.165, 1.54) is 0 Å². The number of carbonyl (C=O) groups is 2. The van der Waals surface area contributed by atoms with Crippen LogP contribution in [0.2, 0.25) is 0 Å². The second-order valence-corrected chi connectivity index (χ2v) is 7.07. The van der Waals surface area contributed by atoms with Crippen LogP contribution in [0.3, 0.4) is 0 Å². The number of nitrogens with one attached hydrogen (secondary N) is 1. The molecule has 2 rings (SSSR count). The van der Waals surface area contributed by atoms with Crippen LogP contribution in [0, 0.1) is 0 Å². The maximum Gasteiger partial charge on any atom is 0.407 e. The third kappa shape index (κ3) is 6.08. The molecule has 1 saturated heterocycles. The Bertz CT molecular complexity index is 610. The van der Waals surface area contributed by atoms with Crippen molar-refractivity contribution in [2.45, 2.75) is 45.3 Å². The first-order valence-corrected chi connectivity index (χ1v) is 8.75. The van der Waals surface area contributed by atoms with Gasteiger partial charge < -0.3 is 19.7 Å². The number of hydrogen-bond donors (Lipinski definition) is 1. The van der Waals surface area contributed by atoms with Gasteiger partial charge in [0.05, 0.1) is 5.56 Å². The zero-order chi connectivity index (χ0) is 18.4. The Morgan fingerprint density at radius 1 is 1.36 bits per heavy atom. The van der Waals surface area contributed by atoms with Crippen LogP contribution in [-0.4, -0.2) is 47.8 Å². The summed E-state index contributed by atoms with van der Waals surface area (Å²) in [5.41, 5.74) is -0.0908. The Hall–Kier alpha value is -2.02. The van der Waals surface area contributed by atoms with E-state index in [4.69, 9.17) is 21.1 Å². The minimum atomic E-state index is -0.507. The Balaban J connectivity index is 1.89. The summed E-state index contributed by atoms with van der Waals surface area (Å²) in [4.78, 5) is 30.0. The Labute approximate surface area is 152 Å². The van der Waals surface area contributed by atoms with E-state index in [0.29, 0.717) is 11.4 Å². The number of esters is 1. The zero-order valence-corrected chi connectivity index (χ0v) is 15.5. The zero-order valence-electron chi connectivity index (χ0n) is 14.8. The lowest BCUT2D eigenvalue weighted by molar-refractivity contribution is 0.0495. The Morgan fingerprint density at radius 3 is 2.64 bits per heavy atom. The number of rotatable bonds is 4. The number of carbonyl (C=O) groups excluding carboxylic acids is 2. The average Bonchev–Trinajstić information content (AvgIpc) is 2.54. The summed E-state index contributed by atoms with van der Waals surface area (Å²) < 4.78 is 10.1. The highest BCUT2D eigenvalue weighted by Gasteiger charge is 2.24. The molecular weight excluding hydrogens is 346 g/mol. The first kappa shape index (κ1) is 19.3. The van der Waals surface area contributed by atoms with Gasteiger partial charge in [0.25, 0.3) is 0 Å². The number of piperidine rings is 1. The van der Waals surface area contributed by atoms with Crippen molar-refractivity contribution in [3.05, 3.63) is 23.9 Å². The standard InChI is InChI=1S/C17H24ClN3O4/c1-17(2,3)25-16(23)20-13-5-8-21(9-6-13)14-10-12(4-7-19-14)15(22)24-11-18/h4,7,10,13H,5-6,8-9,11H2,1-3H3,(H,20,23). The third-order valence-corrected chi connectivity index (χ3v) is 3.82. The summed E-state index contributed by atoms with van der Waals surface area (Å²) in [6, 6.07) is 3.17. The van der Waals surface area contributed by atoms with Crippen LogP contribution in [0.5, 0.6) is 0 Å². The molecule has 0 radical (unpaired) electrons. The highest BCUT2D eigenvalue weighted by atomic mass is 35.5. The maximum absolute atomic E-state index is 11.8. The van der Waals surface area contributed by atoms with Gasteiger partial charge in [-0.3, -0.25) is 0 Å². The second kappa shape index (κ2) is 8.38. The summed E-state index contributed by atoms with van der Waals surface area (Å²) in [6.45, 7) is 6.96. The first-order chi connectivity index (χ1) is 11.8. The number of amides is 1. The summed E-state index contributed by atoms with van der Waals surface area (Å²) in [7, 11) is 0. The van der Waals surface area contributed by atoms with E-state index in [-0.39, 0.29) is 12.1 Å². The normalized spacial score (nSPS) is 15.6. The van der Waals surface area contributed by atoms with Gasteiger partial charge >= 0.3 is 12.1 Å². The van der Waals surface area contributed by atoms with Gasteiger partial charge in [0.2, 0.25) is 0 Å². The number of aromatic nitrogens is 1. The van der Waals surface area contributed by atoms with Crippen LogP contribution >= 0.6 is 11.6 Å². The van der Waals surface area contributed by atoms with Gasteiger partial charge in [0.1, 0.15) is 11.4 Å². The number of hydrogen-bond acceptors (Lipinski definition) is 6. The van der Waals surface area contributed by atoms with Crippen molar-refractivity contribution < 1.29 is 19.1 Å². The molecule has 8 heteroatoms. The van der Waals surface area contributed by atoms with Crippen molar-refractivity contribution in [2.75, 3.05) is 24.1 Å². The van der Waals surface area contributed by atoms with E-state index < -0.39 is 17.7 Å². The van der Waals surface area contributed by atoms with Crippen LogP contribution < -0.4 is 10.2 Å². The van der Waals surface area contributed by atoms with E-state index >= 15 is 0 Å². The van der Waals surface area contributed by atoms with E-state index in [0.717, 1.165) is 25.9 Å². The molecule has 0 atom stereocenters. The topological polar surface area (TPSA) is 80.8 Å². The number of anilines is 1. The van der Waals surface area contributed by atoms with Crippen molar-refractivity contribution in [3.8, 4) is 0 Å². The van der Waals surface area contributed by atoms with Crippen molar-refractivity contribution in [1.29, 1.82) is 0 Å². The molecule has 1 aromatic rings. The Kier molecular flexibility index (Phi) is 6.47. The van der Waals surface area contributed by atoms with Crippen LogP contribution in [-0.2, 0) is 9.47 Å². The number of nitrogens with zero attached hydrogens (tertiary/aromatic N) is 2. The van der Waals surface area contributed by atoms with E-state index in [9.17, 15) is 9.59 Å². The second-order valence-electron chi connectivity index (χ2n) is 6.85. The number of ether oxygens (including phenoxy) is 2. The quantitative estimate of drug-likeness (QED) is 0.649. The summed E-state index contributed by atoms with van der Waals surface area (Å²) in [5, 5.41) is 2.90. The highest BCUT2D eigenvalue weighted by Crippen LogP contribution is 2.20. The Morgan fingerprint density at radius 2 is 2.04 bits per heavy atom. The van der Waals surface area contributed by atoms with Gasteiger partial charge in [0.15, 0.2) is 6.07 Å². The smallest absolute Gasteiger partial charge is 0.407 e. The molecule has 2 heterocycles. The predicted molar refractivity (Wildman–Crippen MR) is 95.0 cm³/mol. The molecule has 0 aromatic carbocycles. The van der Waals surface area contributed by atoms with Crippen molar-refractivity contribution in [1.82, 2.24) is 10.3 Å².